The van der Waals surface area contributed by atoms with E-state index >= 15 is 0 Å². The molecule has 0 heteroatoms. The summed E-state index contributed by atoms with van der Waals surface area (Å²) >= 11 is 0. The van der Waals surface area contributed by atoms with Gasteiger partial charge in [0, 0.05) is 0 Å². The smallest absolute Gasteiger partial charge is 0.00470 e. The van der Waals surface area contributed by atoms with Crippen LogP contribution in [0.1, 0.15) is 110 Å². The van der Waals surface area contributed by atoms with Crippen LogP contribution in [0, 0.1) is 0 Å². The molecule has 0 saturated carbocycles. The Morgan fingerprint density at radius 2 is 1.04 bits per heavy atom. The maximum absolute atomic E-state index is 2.39. The van der Waals surface area contributed by atoms with Gasteiger partial charge in [-0.15, -0.1) is 0 Å². The van der Waals surface area contributed by atoms with Crippen molar-refractivity contribution in [1.82, 2.24) is 0 Å². The third kappa shape index (κ3) is 7.55. The van der Waals surface area contributed by atoms with E-state index in [4.69, 9.17) is 0 Å². The molecule has 0 aliphatic rings. The van der Waals surface area contributed by atoms with Gasteiger partial charge in [0.15, 0.2) is 0 Å². The Bertz CT molecular complexity index is 357. The van der Waals surface area contributed by atoms with Crippen LogP contribution in [0.5, 0.6) is 0 Å². The first-order valence-electron chi connectivity index (χ1n) is 10.3. The summed E-state index contributed by atoms with van der Waals surface area (Å²) in [6.45, 7) is 6.97. The molecule has 0 nitrogen and oxygen atoms in total. The van der Waals surface area contributed by atoms with Gasteiger partial charge in [-0.05, 0) is 30.2 Å². The molecule has 1 rings (SSSR count). The van der Waals surface area contributed by atoms with E-state index in [0.717, 1.165) is 0 Å². The predicted molar refractivity (Wildman–Crippen MR) is 105 cm³/mol. The van der Waals surface area contributed by atoms with E-state index in [9.17, 15) is 0 Å². The highest BCUT2D eigenvalue weighted by molar-refractivity contribution is 5.25. The van der Waals surface area contributed by atoms with Crippen LogP contribution in [0.4, 0.5) is 0 Å². The fourth-order valence-electron chi connectivity index (χ4n) is 3.87. The maximum atomic E-state index is 2.39. The van der Waals surface area contributed by atoms with Gasteiger partial charge in [-0.25, -0.2) is 0 Å². The number of hydrogen-bond acceptors (Lipinski definition) is 0. The van der Waals surface area contributed by atoms with E-state index in [0.29, 0.717) is 5.41 Å². The Morgan fingerprint density at radius 3 is 1.61 bits per heavy atom. The standard InChI is InChI=1S/C23H40/c1-4-7-10-11-12-16-21-23(19-8-5-2,20-9-6-3)22-17-14-13-15-18-22/h13-15,17-18H,4-12,16,19-21H2,1-3H3. The van der Waals surface area contributed by atoms with Crippen LogP contribution in [-0.4, -0.2) is 0 Å². The third-order valence-electron chi connectivity index (χ3n) is 5.41. The van der Waals surface area contributed by atoms with Crippen LogP contribution < -0.4 is 0 Å². The van der Waals surface area contributed by atoms with Crippen molar-refractivity contribution in [2.24, 2.45) is 0 Å². The highest BCUT2D eigenvalue weighted by Gasteiger charge is 2.30. The molecule has 1 aromatic carbocycles. The Balaban J connectivity index is 2.71. The van der Waals surface area contributed by atoms with E-state index in [1.54, 1.807) is 5.56 Å². The van der Waals surface area contributed by atoms with Crippen molar-refractivity contribution in [3.05, 3.63) is 35.9 Å². The lowest BCUT2D eigenvalue weighted by atomic mass is 9.69. The molecular weight excluding hydrogens is 276 g/mol. The van der Waals surface area contributed by atoms with E-state index < -0.39 is 0 Å². The summed E-state index contributed by atoms with van der Waals surface area (Å²) in [5.41, 5.74) is 2.05. The van der Waals surface area contributed by atoms with E-state index in [1.807, 2.05) is 0 Å². The largest absolute Gasteiger partial charge is 0.0654 e. The van der Waals surface area contributed by atoms with Gasteiger partial charge < -0.3 is 0 Å². The molecule has 0 fully saturated rings. The molecule has 0 aliphatic heterocycles. The second kappa shape index (κ2) is 12.6. The molecule has 132 valence electrons. The zero-order chi connectivity index (χ0) is 16.8. The first kappa shape index (κ1) is 20.3. The number of rotatable bonds is 14. The lowest BCUT2D eigenvalue weighted by molar-refractivity contribution is 0.305. The van der Waals surface area contributed by atoms with Crippen molar-refractivity contribution in [1.29, 1.82) is 0 Å². The summed E-state index contributed by atoms with van der Waals surface area (Å²) in [5, 5.41) is 0. The molecule has 0 aromatic heterocycles. The minimum atomic E-state index is 0.442. The number of benzene rings is 1. The van der Waals surface area contributed by atoms with E-state index in [-0.39, 0.29) is 0 Å². The molecule has 0 unspecified atom stereocenters. The van der Waals surface area contributed by atoms with Gasteiger partial charge in [-0.3, -0.25) is 0 Å². The summed E-state index contributed by atoms with van der Waals surface area (Å²) in [7, 11) is 0. The van der Waals surface area contributed by atoms with Crippen molar-refractivity contribution in [3.8, 4) is 0 Å². The number of unbranched alkanes of at least 4 members (excludes halogenated alkanes) is 7. The van der Waals surface area contributed by atoms with Crippen molar-refractivity contribution in [2.75, 3.05) is 0 Å². The Hall–Kier alpha value is -0.780. The van der Waals surface area contributed by atoms with Crippen LogP contribution in [-0.2, 0) is 5.41 Å². The van der Waals surface area contributed by atoms with Gasteiger partial charge in [0.1, 0.15) is 0 Å². The summed E-state index contributed by atoms with van der Waals surface area (Å²) in [6.07, 6.45) is 18.0. The Labute approximate surface area is 146 Å². The summed E-state index contributed by atoms with van der Waals surface area (Å²) in [6, 6.07) is 11.4. The third-order valence-corrected chi connectivity index (χ3v) is 5.41. The normalized spacial score (nSPS) is 11.8. The molecule has 0 bridgehead atoms. The fourth-order valence-corrected chi connectivity index (χ4v) is 3.87. The molecule has 23 heavy (non-hydrogen) atoms. The number of hydrogen-bond donors (Lipinski definition) is 0. The van der Waals surface area contributed by atoms with Crippen LogP contribution in [0.25, 0.3) is 0 Å². The average molecular weight is 317 g/mol. The summed E-state index contributed by atoms with van der Waals surface area (Å²) < 4.78 is 0. The van der Waals surface area contributed by atoms with Gasteiger partial charge >= 0.3 is 0 Å². The quantitative estimate of drug-likeness (QED) is 0.304. The molecule has 0 spiro atoms. The second-order valence-corrected chi connectivity index (χ2v) is 7.37. The molecule has 0 atom stereocenters. The van der Waals surface area contributed by atoms with Crippen molar-refractivity contribution in [3.63, 3.8) is 0 Å². The molecule has 1 aromatic rings. The minimum Gasteiger partial charge on any atom is -0.0654 e. The Kier molecular flexibility index (Phi) is 11.1. The van der Waals surface area contributed by atoms with E-state index in [1.165, 1.54) is 83.5 Å². The van der Waals surface area contributed by atoms with Crippen LogP contribution in [0.15, 0.2) is 30.3 Å². The van der Waals surface area contributed by atoms with Crippen LogP contribution >= 0.6 is 0 Å². The van der Waals surface area contributed by atoms with E-state index in [2.05, 4.69) is 51.1 Å². The van der Waals surface area contributed by atoms with Gasteiger partial charge in [0.2, 0.25) is 0 Å². The summed E-state index contributed by atoms with van der Waals surface area (Å²) in [5.74, 6) is 0. The van der Waals surface area contributed by atoms with Crippen LogP contribution in [0.3, 0.4) is 0 Å². The maximum Gasteiger partial charge on any atom is -0.00470 e. The molecule has 0 N–H and O–H groups in total. The van der Waals surface area contributed by atoms with Gasteiger partial charge in [0.25, 0.3) is 0 Å². The van der Waals surface area contributed by atoms with Crippen LogP contribution in [0.2, 0.25) is 0 Å². The highest BCUT2D eigenvalue weighted by atomic mass is 14.3. The fraction of sp³-hybridized carbons (Fsp3) is 0.739. The van der Waals surface area contributed by atoms with Crippen molar-refractivity contribution in [2.45, 2.75) is 110 Å². The van der Waals surface area contributed by atoms with Gasteiger partial charge in [0.05, 0.1) is 0 Å². The minimum absolute atomic E-state index is 0.442. The molecule has 0 saturated heterocycles. The average Bonchev–Trinajstić information content (AvgIpc) is 2.60. The lowest BCUT2D eigenvalue weighted by Gasteiger charge is -2.35. The highest BCUT2D eigenvalue weighted by Crippen LogP contribution is 2.40. The molecule has 0 aliphatic carbocycles. The summed E-state index contributed by atoms with van der Waals surface area (Å²) in [4.78, 5) is 0. The first-order chi connectivity index (χ1) is 11.3. The molecular formula is C23H40. The van der Waals surface area contributed by atoms with Crippen molar-refractivity contribution < 1.29 is 0 Å². The van der Waals surface area contributed by atoms with Gasteiger partial charge in [-0.1, -0.05) is 115 Å². The Morgan fingerprint density at radius 1 is 0.565 bits per heavy atom. The second-order valence-electron chi connectivity index (χ2n) is 7.37. The monoisotopic (exact) mass is 316 g/mol. The predicted octanol–water partition coefficient (Wildman–Crippen LogP) is 8.06. The lowest BCUT2D eigenvalue weighted by Crippen LogP contribution is -2.26. The van der Waals surface area contributed by atoms with Gasteiger partial charge in [-0.2, -0.15) is 0 Å². The topological polar surface area (TPSA) is 0 Å². The first-order valence-corrected chi connectivity index (χ1v) is 10.3. The zero-order valence-corrected chi connectivity index (χ0v) is 16.1. The molecule has 0 radical (unpaired) electrons. The molecule has 0 heterocycles. The zero-order valence-electron chi connectivity index (χ0n) is 16.1. The molecule has 0 amide bonds. The van der Waals surface area contributed by atoms with Crippen molar-refractivity contribution >= 4 is 0 Å². The SMILES string of the molecule is CCCCCCCCC(CCCC)(CCCC)c1ccccc1.